The fourth-order valence-electron chi connectivity index (χ4n) is 0. The molecule has 0 saturated heterocycles. The molecule has 0 aromatic carbocycles. The van der Waals surface area contributed by atoms with Crippen LogP contribution >= 0.6 is 0 Å². The van der Waals surface area contributed by atoms with Crippen LogP contribution in [0.15, 0.2) is 0 Å². The monoisotopic (exact) mass is 334 g/mol. The van der Waals surface area contributed by atoms with Gasteiger partial charge in [-0.1, -0.05) is 0 Å². The van der Waals surface area contributed by atoms with Crippen LogP contribution < -0.4 is 0 Å². The summed E-state index contributed by atoms with van der Waals surface area (Å²) in [5.74, 6) is 0. The zero-order valence-electron chi connectivity index (χ0n) is 4.61. The van der Waals surface area contributed by atoms with Gasteiger partial charge in [0.1, 0.15) is 0 Å². The molecule has 0 fully saturated rings. The van der Waals surface area contributed by atoms with Crippen molar-refractivity contribution in [1.82, 2.24) is 0 Å². The van der Waals surface area contributed by atoms with Crippen molar-refractivity contribution in [3.8, 4) is 0 Å². The fourth-order valence-corrected chi connectivity index (χ4v) is 0. The molecule has 9 heteroatoms. The maximum atomic E-state index is 0. The van der Waals surface area contributed by atoms with Gasteiger partial charge in [0.25, 0.3) is 0 Å². The maximum absolute atomic E-state index is 0. The van der Waals surface area contributed by atoms with Gasteiger partial charge in [-0.25, -0.2) is 0 Å². The van der Waals surface area contributed by atoms with Crippen LogP contribution in [-0.2, 0) is 90.1 Å². The standard InChI is InChI=1S/2Al.2Cr.3O.2Zn/q;;2*+3;3*-2;;. The van der Waals surface area contributed by atoms with E-state index in [1.807, 2.05) is 0 Å². The van der Waals surface area contributed by atoms with Crippen molar-refractivity contribution in [1.29, 1.82) is 0 Å². The van der Waals surface area contributed by atoms with Gasteiger partial charge in [-0.15, -0.1) is 0 Å². The molecule has 8 radical (unpaired) electrons. The fraction of sp³-hybridized carbons (Fsp3) is 0. The van der Waals surface area contributed by atoms with E-state index >= 15 is 0 Å². The van der Waals surface area contributed by atoms with Crippen molar-refractivity contribution in [2.24, 2.45) is 0 Å². The van der Waals surface area contributed by atoms with Crippen LogP contribution in [0.4, 0.5) is 0 Å². The van der Waals surface area contributed by atoms with E-state index in [1.165, 1.54) is 0 Å². The van der Waals surface area contributed by atoms with E-state index in [4.69, 9.17) is 0 Å². The van der Waals surface area contributed by atoms with Crippen LogP contribution in [0.25, 0.3) is 0 Å². The van der Waals surface area contributed by atoms with Crippen LogP contribution in [0.2, 0.25) is 0 Å². The molecule has 0 rings (SSSR count). The second-order valence-corrected chi connectivity index (χ2v) is 0. The van der Waals surface area contributed by atoms with E-state index in [0.717, 1.165) is 0 Å². The first kappa shape index (κ1) is 146. The minimum Gasteiger partial charge on any atom is -2.00 e. The van der Waals surface area contributed by atoms with Gasteiger partial charge in [0.2, 0.25) is 0 Å². The van der Waals surface area contributed by atoms with E-state index in [-0.39, 0.29) is 125 Å². The molecule has 3 nitrogen and oxygen atoms in total. The summed E-state index contributed by atoms with van der Waals surface area (Å²) in [7, 11) is 0. The molecule has 0 aromatic rings. The topological polar surface area (TPSA) is 85.5 Å². The smallest absolute Gasteiger partial charge is 2.00 e. The zero-order valence-corrected chi connectivity index (χ0v) is 15.4. The minimum absolute atomic E-state index is 0. The molecule has 0 aliphatic rings. The average Bonchev–Trinajstić information content (AvgIpc) is 0. The van der Waals surface area contributed by atoms with Crippen LogP contribution in [0.1, 0.15) is 0 Å². The molecule has 0 atom stereocenters. The third-order valence-electron chi connectivity index (χ3n) is 0. The van der Waals surface area contributed by atoms with Gasteiger partial charge in [-0.2, -0.15) is 0 Å². The number of rotatable bonds is 0. The Bertz CT molecular complexity index is 17.8. The first-order valence-corrected chi connectivity index (χ1v) is 0. The second kappa shape index (κ2) is 112. The zero-order chi connectivity index (χ0) is 0. The summed E-state index contributed by atoms with van der Waals surface area (Å²) < 4.78 is 0. The Hall–Kier alpha value is 3.26. The molecule has 0 unspecified atom stereocenters. The van der Waals surface area contributed by atoms with Crippen molar-refractivity contribution in [2.45, 2.75) is 0 Å². The molecular formula is Al2Cr2O3Zn2. The molecule has 0 heterocycles. The predicted molar refractivity (Wildman–Crippen MR) is 13.6 cm³/mol. The first-order chi connectivity index (χ1) is 0. The van der Waals surface area contributed by atoms with Gasteiger partial charge in [-0.05, 0) is 0 Å². The minimum atomic E-state index is 0. The average molecular weight is 337 g/mol. The normalized spacial score (nSPS) is 0. The molecule has 0 aliphatic carbocycles. The first-order valence-electron chi connectivity index (χ1n) is 0. The molecule has 0 bridgehead atoms. The number of hydrogen-bond donors (Lipinski definition) is 0. The molecule has 9 heavy (non-hydrogen) atoms. The Labute approximate surface area is 123 Å². The molecular weight excluding hydrogens is 337 g/mol. The summed E-state index contributed by atoms with van der Waals surface area (Å²) >= 11 is 0. The Morgan fingerprint density at radius 3 is 0.444 bits per heavy atom. The second-order valence-electron chi connectivity index (χ2n) is 0. The Balaban J connectivity index is 0. The van der Waals surface area contributed by atoms with E-state index < -0.39 is 0 Å². The molecule has 0 amide bonds. The maximum Gasteiger partial charge on any atom is 3.00 e. The van der Waals surface area contributed by atoms with Gasteiger partial charge < -0.3 is 16.4 Å². The largest absolute Gasteiger partial charge is 3.00 e. The summed E-state index contributed by atoms with van der Waals surface area (Å²) in [5, 5.41) is 0. The Morgan fingerprint density at radius 2 is 0.444 bits per heavy atom. The van der Waals surface area contributed by atoms with Crippen LogP contribution in [0.3, 0.4) is 0 Å². The van der Waals surface area contributed by atoms with Crippen molar-refractivity contribution in [3.05, 3.63) is 0 Å². The molecule has 0 N–H and O–H groups in total. The van der Waals surface area contributed by atoms with E-state index in [1.54, 1.807) is 0 Å². The Kier molecular flexibility index (Phi) is 1820. The van der Waals surface area contributed by atoms with Crippen molar-refractivity contribution < 1.29 is 90.1 Å². The third-order valence-corrected chi connectivity index (χ3v) is 0. The Morgan fingerprint density at radius 1 is 0.444 bits per heavy atom. The third kappa shape index (κ3) is 90.9. The van der Waals surface area contributed by atoms with E-state index in [9.17, 15) is 0 Å². The molecule has 0 saturated carbocycles. The summed E-state index contributed by atoms with van der Waals surface area (Å²) in [5.41, 5.74) is 0. The summed E-state index contributed by atoms with van der Waals surface area (Å²) in [4.78, 5) is 0. The van der Waals surface area contributed by atoms with Gasteiger partial charge in [0.15, 0.2) is 0 Å². The van der Waals surface area contributed by atoms with Crippen molar-refractivity contribution >= 4 is 34.7 Å². The van der Waals surface area contributed by atoms with Crippen LogP contribution in [-0.4, -0.2) is 34.7 Å². The summed E-state index contributed by atoms with van der Waals surface area (Å²) in [6.07, 6.45) is 0. The summed E-state index contributed by atoms with van der Waals surface area (Å²) in [6.45, 7) is 0. The number of hydrogen-bond acceptors (Lipinski definition) is 0. The van der Waals surface area contributed by atoms with Gasteiger partial charge in [0.05, 0.1) is 0 Å². The summed E-state index contributed by atoms with van der Waals surface area (Å²) in [6, 6.07) is 0. The van der Waals surface area contributed by atoms with Crippen molar-refractivity contribution in [2.75, 3.05) is 0 Å². The molecule has 40 valence electrons. The van der Waals surface area contributed by atoms with Crippen molar-refractivity contribution in [3.63, 3.8) is 0 Å². The van der Waals surface area contributed by atoms with E-state index in [2.05, 4.69) is 0 Å². The predicted octanol–water partition coefficient (Wildman–Crippen LogP) is -1.13. The van der Waals surface area contributed by atoms with Gasteiger partial charge in [-0.3, -0.25) is 0 Å². The van der Waals surface area contributed by atoms with Crippen LogP contribution in [0.5, 0.6) is 0 Å². The van der Waals surface area contributed by atoms with Gasteiger partial charge >= 0.3 is 34.7 Å². The SMILES string of the molecule is [Al].[Al].[Cr+3].[Cr+3].[O-2].[O-2].[O-2].[Zn].[Zn]. The van der Waals surface area contributed by atoms with Crippen LogP contribution in [0, 0.1) is 0 Å². The van der Waals surface area contributed by atoms with Gasteiger partial charge in [0, 0.05) is 73.7 Å². The molecule has 0 spiro atoms. The quantitative estimate of drug-likeness (QED) is 0.502. The molecule has 0 aromatic heterocycles. The molecule has 0 aliphatic heterocycles. The van der Waals surface area contributed by atoms with E-state index in [0.29, 0.717) is 0 Å².